The van der Waals surface area contributed by atoms with Gasteiger partial charge in [0.05, 0.1) is 32.9 Å². The summed E-state index contributed by atoms with van der Waals surface area (Å²) in [6.45, 7) is 12.1. The first kappa shape index (κ1) is 64.9. The van der Waals surface area contributed by atoms with Crippen LogP contribution in [0.1, 0.15) is 55.8 Å². The van der Waals surface area contributed by atoms with Crippen LogP contribution in [0.3, 0.4) is 0 Å². The number of ether oxygens (including phenoxy) is 11. The van der Waals surface area contributed by atoms with Crippen molar-refractivity contribution >= 4 is 25.2 Å². The van der Waals surface area contributed by atoms with Crippen LogP contribution in [-0.2, 0) is 61.4 Å². The number of aliphatic hydroxyl groups is 7. The van der Waals surface area contributed by atoms with Crippen LogP contribution in [0.5, 0.6) is 0 Å². The minimum atomic E-state index is -1.34. The molecular weight excluding hydrogens is 969 g/mol. The molecule has 0 aromatic heterocycles. The second-order valence-corrected chi connectivity index (χ2v) is 17.3. The topological polar surface area (TPSA) is 302 Å². The molecule has 2 aromatic rings. The summed E-state index contributed by atoms with van der Waals surface area (Å²) in [4.78, 5) is 0. The number of methoxy groups -OCH3 is 5. The van der Waals surface area contributed by atoms with E-state index in [1.807, 2.05) is 57.2 Å². The third-order valence-corrected chi connectivity index (χ3v) is 12.1. The molecule has 7 rings (SSSR count). The van der Waals surface area contributed by atoms with Crippen molar-refractivity contribution in [2.24, 2.45) is 0 Å². The molecule has 73 heavy (non-hydrogen) atoms. The molecule has 5 saturated heterocycles. The Bertz CT molecular complexity index is 1690. The second-order valence-electron chi connectivity index (χ2n) is 17.3. The monoisotopic (exact) mass is 1050 g/mol. The number of alkyl halides is 1. The Morgan fingerprint density at radius 2 is 0.973 bits per heavy atom. The SMILES string of the molecule is CCCO[C@@H]1[C@@H](O)[C@H](C)OC(OC)[C@@H]1O.CCCO[C@@H]1[C@@H](OC)[C@H](C)OC(O)[C@@H]1OC.COC1O[C@@H](C)[C@H](O)[C@@H](O)[C@H]1O.COC1O[C@@H](C)[C@H](O)[C@H]2OB(c3ccccc3)OC12.OB(O)c1ccccc1.[2H]CF. The second kappa shape index (κ2) is 35.1. The van der Waals surface area contributed by atoms with Crippen LogP contribution in [-0.4, -0.2) is 239 Å². The molecule has 0 spiro atoms. The highest BCUT2D eigenvalue weighted by Crippen LogP contribution is 2.32. The number of aliphatic hydroxyl groups excluding tert-OH is 7. The standard InChI is InChI=1S/C13H17BO5.C11H22O5.C10H20O5.C7H14O5.C6H7BO2.CH3F/c1-8-10(15)11-12(13(16-2)17-8)19-14(18-11)9-6-4-3-5-7-9;1-5-6-15-9-8(13-3)7(2)16-11(12)10(9)14-4;1-4-5-14-9-7(11)6(2)15-10(13-3)8(9)12;1-3-4(8)5(9)6(10)7(11-2)12-3;8-7(9)6-4-2-1-3-5-6;1-2/h3-8,10-13,15H,1-2H3;7-12H,5-6H2,1-4H3;6-12H,4-5H2,1-3H3;3-10H,1-2H3;1-5,8-9H;1H3/t8-,10-,11+,12?,13?;7-,8-,9+,10+,11?;6-,7-,8+,9+,10?;3-,4-,5+,6+,7?;;/m0000../s1/i;;;;;1D. The highest BCUT2D eigenvalue weighted by molar-refractivity contribution is 6.61. The maximum absolute atomic E-state index is 10.1. The maximum Gasteiger partial charge on any atom is 0.494 e. The third kappa shape index (κ3) is 19.5. The van der Waals surface area contributed by atoms with E-state index in [4.69, 9.17) is 72.8 Å². The third-order valence-electron chi connectivity index (χ3n) is 12.1. The van der Waals surface area contributed by atoms with Crippen LogP contribution in [0.2, 0.25) is 0 Å². The van der Waals surface area contributed by atoms with Crippen molar-refractivity contribution in [2.45, 2.75) is 177 Å². The van der Waals surface area contributed by atoms with Gasteiger partial charge < -0.3 is 107 Å². The van der Waals surface area contributed by atoms with E-state index >= 15 is 0 Å². The zero-order valence-corrected chi connectivity index (χ0v) is 43.7. The van der Waals surface area contributed by atoms with E-state index in [2.05, 4.69) is 0 Å². The predicted molar refractivity (Wildman–Crippen MR) is 263 cm³/mol. The van der Waals surface area contributed by atoms with E-state index in [0.29, 0.717) is 18.7 Å². The molecule has 5 aliphatic rings. The average molecular weight is 1050 g/mol. The van der Waals surface area contributed by atoms with E-state index in [-0.39, 0.29) is 24.4 Å². The first-order chi connectivity index (χ1) is 35.3. The molecule has 0 amide bonds. The fourth-order valence-corrected chi connectivity index (χ4v) is 8.05. The van der Waals surface area contributed by atoms with E-state index < -0.39 is 120 Å². The Hall–Kier alpha value is -2.38. The van der Waals surface area contributed by atoms with Gasteiger partial charge in [0.1, 0.15) is 73.2 Å². The minimum absolute atomic E-state index is 0.215. The molecule has 0 bridgehead atoms. The van der Waals surface area contributed by atoms with Crippen LogP contribution in [0.15, 0.2) is 60.7 Å². The quantitative estimate of drug-likeness (QED) is 0.106. The molecule has 0 saturated carbocycles. The number of hydrogen-bond donors (Lipinski definition) is 9. The van der Waals surface area contributed by atoms with Gasteiger partial charge in [-0.1, -0.05) is 74.5 Å². The Kier molecular flexibility index (Phi) is 31.2. The first-order valence-electron chi connectivity index (χ1n) is 24.9. The van der Waals surface area contributed by atoms with Gasteiger partial charge in [-0.05, 0) is 51.5 Å². The number of halogens is 1. The Morgan fingerprint density at radius 3 is 1.45 bits per heavy atom. The smallest absolute Gasteiger partial charge is 0.423 e. The van der Waals surface area contributed by atoms with Crippen LogP contribution in [0.4, 0.5) is 4.39 Å². The van der Waals surface area contributed by atoms with Crippen molar-refractivity contribution in [3.63, 3.8) is 0 Å². The molecule has 420 valence electrons. The molecule has 2 aromatic carbocycles. The van der Waals surface area contributed by atoms with Crippen LogP contribution < -0.4 is 10.9 Å². The van der Waals surface area contributed by atoms with Gasteiger partial charge in [0.2, 0.25) is 0 Å². The summed E-state index contributed by atoms with van der Waals surface area (Å²) in [5, 5.41) is 84.4. The first-order valence-corrected chi connectivity index (χ1v) is 24.1. The molecule has 25 heteroatoms. The zero-order chi connectivity index (χ0) is 55.7. The fourth-order valence-electron chi connectivity index (χ4n) is 8.05. The average Bonchev–Trinajstić information content (AvgIpc) is 3.86. The minimum Gasteiger partial charge on any atom is -0.423 e. The van der Waals surface area contributed by atoms with Gasteiger partial charge in [-0.3, -0.25) is 4.39 Å². The summed E-state index contributed by atoms with van der Waals surface area (Å²) >= 11 is 0. The molecule has 0 radical (unpaired) electrons. The lowest BCUT2D eigenvalue weighted by Gasteiger charge is -2.42. The number of rotatable bonds is 13. The van der Waals surface area contributed by atoms with Crippen LogP contribution in [0.25, 0.3) is 0 Å². The van der Waals surface area contributed by atoms with Crippen molar-refractivity contribution in [2.75, 3.05) is 55.9 Å². The molecule has 20 atom stereocenters. The van der Waals surface area contributed by atoms with E-state index in [0.717, 1.165) is 18.3 Å². The number of benzene rings is 2. The predicted octanol–water partition coefficient (Wildman–Crippen LogP) is -1.23. The molecule has 5 aliphatic heterocycles. The van der Waals surface area contributed by atoms with E-state index in [1.54, 1.807) is 59.3 Å². The summed E-state index contributed by atoms with van der Waals surface area (Å²) in [6, 6.07) is 18.3. The summed E-state index contributed by atoms with van der Waals surface area (Å²) in [7, 11) is 4.69. The Balaban J connectivity index is 0.000000318. The van der Waals surface area contributed by atoms with Crippen molar-refractivity contribution in [1.29, 1.82) is 0 Å². The fraction of sp³-hybridized carbons (Fsp3) is 0.750. The summed E-state index contributed by atoms with van der Waals surface area (Å²) in [5.41, 5.74) is 1.45. The lowest BCUT2D eigenvalue weighted by molar-refractivity contribution is -0.295. The molecule has 5 heterocycles. The Labute approximate surface area is 431 Å². The zero-order valence-electron chi connectivity index (χ0n) is 44.7. The summed E-state index contributed by atoms with van der Waals surface area (Å²) < 4.78 is 85.0. The van der Waals surface area contributed by atoms with Gasteiger partial charge in [0, 0.05) is 48.8 Å². The molecule has 0 aliphatic carbocycles. The lowest BCUT2D eigenvalue weighted by Crippen LogP contribution is -2.59. The van der Waals surface area contributed by atoms with Gasteiger partial charge in [-0.15, -0.1) is 0 Å². The van der Waals surface area contributed by atoms with Crippen molar-refractivity contribution in [3.8, 4) is 0 Å². The number of fused-ring (bicyclic) bond motifs is 1. The lowest BCUT2D eigenvalue weighted by atomic mass is 9.79. The largest absolute Gasteiger partial charge is 0.494 e. The summed E-state index contributed by atoms with van der Waals surface area (Å²) in [6.07, 6.45) is -11.3. The van der Waals surface area contributed by atoms with Crippen molar-refractivity contribution in [3.05, 3.63) is 60.7 Å². The highest BCUT2D eigenvalue weighted by Gasteiger charge is 2.53. The molecule has 22 nitrogen and oxygen atoms in total. The number of hydrogen-bond acceptors (Lipinski definition) is 22. The van der Waals surface area contributed by atoms with E-state index in [1.165, 1.54) is 21.3 Å². The van der Waals surface area contributed by atoms with Crippen LogP contribution in [0, 0.1) is 0 Å². The molecule has 5 unspecified atom stereocenters. The highest BCUT2D eigenvalue weighted by atomic mass is 19.1. The van der Waals surface area contributed by atoms with Gasteiger partial charge in [0.25, 0.3) is 0 Å². The molecule has 5 fully saturated rings. The molecule has 9 N–H and O–H groups in total. The van der Waals surface area contributed by atoms with Gasteiger partial charge in [-0.2, -0.15) is 0 Å². The molecular formula is C48H83B2FO22. The normalized spacial score (nSPS) is 36.8. The van der Waals surface area contributed by atoms with E-state index in [9.17, 15) is 40.1 Å². The maximum atomic E-state index is 10.1. The van der Waals surface area contributed by atoms with Gasteiger partial charge >= 0.3 is 14.2 Å². The Morgan fingerprint density at radius 1 is 0.521 bits per heavy atom. The van der Waals surface area contributed by atoms with Gasteiger partial charge in [0.15, 0.2) is 25.2 Å². The van der Waals surface area contributed by atoms with Crippen LogP contribution >= 0.6 is 0 Å². The summed E-state index contributed by atoms with van der Waals surface area (Å²) in [5.74, 6) is 0. The van der Waals surface area contributed by atoms with Gasteiger partial charge in [-0.25, -0.2) is 0 Å². The van der Waals surface area contributed by atoms with Crippen molar-refractivity contribution in [1.82, 2.24) is 0 Å². The van der Waals surface area contributed by atoms with Crippen molar-refractivity contribution < 1.29 is 113 Å².